The van der Waals surface area contributed by atoms with E-state index in [0.717, 1.165) is 17.7 Å². The molecule has 1 aliphatic rings. The van der Waals surface area contributed by atoms with Crippen molar-refractivity contribution in [3.8, 4) is 10.4 Å². The lowest BCUT2D eigenvalue weighted by Crippen LogP contribution is -2.27. The molecule has 0 aliphatic heterocycles. The minimum absolute atomic E-state index is 0.0634. The highest BCUT2D eigenvalue weighted by atomic mass is 32.1. The van der Waals surface area contributed by atoms with Crippen molar-refractivity contribution >= 4 is 17.2 Å². The van der Waals surface area contributed by atoms with E-state index in [0.29, 0.717) is 19.6 Å². The number of hydrogen-bond donors (Lipinski definition) is 2. The number of carbonyl (C=O) groups is 1. The number of nitrogens with one attached hydrogen (secondary N) is 1. The molecule has 0 radical (unpaired) electrons. The third-order valence-electron chi connectivity index (χ3n) is 4.08. The average molecular weight is 331 g/mol. The first-order valence-corrected chi connectivity index (χ1v) is 8.67. The van der Waals surface area contributed by atoms with Crippen LogP contribution in [-0.4, -0.2) is 37.4 Å². The molecule has 1 aliphatic carbocycles. The molecule has 5 heteroatoms. The Morgan fingerprint density at radius 3 is 2.96 bits per heavy atom. The van der Waals surface area contributed by atoms with Crippen molar-refractivity contribution in [2.45, 2.75) is 25.4 Å². The van der Waals surface area contributed by atoms with E-state index in [2.05, 4.69) is 23.5 Å². The maximum absolute atomic E-state index is 12.3. The van der Waals surface area contributed by atoms with Gasteiger partial charge in [0.1, 0.15) is 0 Å². The second-order valence-corrected chi connectivity index (χ2v) is 6.83. The maximum atomic E-state index is 12.3. The molecule has 1 heterocycles. The molecule has 2 N–H and O–H groups in total. The lowest BCUT2D eigenvalue weighted by atomic mass is 9.91. The van der Waals surface area contributed by atoms with Crippen LogP contribution in [0.2, 0.25) is 0 Å². The van der Waals surface area contributed by atoms with E-state index >= 15 is 0 Å². The number of aliphatic hydroxyl groups is 1. The summed E-state index contributed by atoms with van der Waals surface area (Å²) in [6.45, 7) is 0.739. The van der Waals surface area contributed by atoms with Crippen LogP contribution < -0.4 is 5.32 Å². The molecule has 1 atom stereocenters. The Labute approximate surface area is 140 Å². The summed E-state index contributed by atoms with van der Waals surface area (Å²) >= 11 is 1.56. The highest BCUT2D eigenvalue weighted by Gasteiger charge is 2.21. The predicted octanol–water partition coefficient (Wildman–Crippen LogP) is 2.64. The van der Waals surface area contributed by atoms with Gasteiger partial charge in [0.2, 0.25) is 0 Å². The Hall–Kier alpha value is -1.69. The van der Waals surface area contributed by atoms with E-state index in [-0.39, 0.29) is 5.91 Å². The highest BCUT2D eigenvalue weighted by Crippen LogP contribution is 2.39. The molecule has 3 rings (SSSR count). The molecular formula is C18H21NO3S. The zero-order chi connectivity index (χ0) is 16.2. The van der Waals surface area contributed by atoms with Crippen molar-refractivity contribution < 1.29 is 14.6 Å². The Balaban J connectivity index is 1.67. The molecule has 0 fully saturated rings. The van der Waals surface area contributed by atoms with Crippen LogP contribution in [0.3, 0.4) is 0 Å². The molecule has 122 valence electrons. The monoisotopic (exact) mass is 331 g/mol. The molecule has 23 heavy (non-hydrogen) atoms. The molecule has 1 unspecified atom stereocenters. The van der Waals surface area contributed by atoms with Crippen LogP contribution in [0.4, 0.5) is 0 Å². The van der Waals surface area contributed by atoms with Gasteiger partial charge in [0.25, 0.3) is 5.91 Å². The summed E-state index contributed by atoms with van der Waals surface area (Å²) in [5.74, 6) is -0.0634. The normalized spacial score (nSPS) is 14.0. The van der Waals surface area contributed by atoms with Gasteiger partial charge in [0, 0.05) is 18.5 Å². The van der Waals surface area contributed by atoms with Crippen LogP contribution in [0.5, 0.6) is 0 Å². The highest BCUT2D eigenvalue weighted by molar-refractivity contribution is 7.17. The zero-order valence-electron chi connectivity index (χ0n) is 13.2. The van der Waals surface area contributed by atoms with Gasteiger partial charge in [-0.15, -0.1) is 11.3 Å². The van der Waals surface area contributed by atoms with Crippen LogP contribution in [-0.2, 0) is 17.6 Å². The van der Waals surface area contributed by atoms with E-state index in [4.69, 9.17) is 4.74 Å². The number of carbonyl (C=O) groups excluding carboxylic acids is 1. The molecule has 0 bridgehead atoms. The van der Waals surface area contributed by atoms with E-state index in [1.165, 1.54) is 21.6 Å². The van der Waals surface area contributed by atoms with Crippen LogP contribution in [0.15, 0.2) is 30.3 Å². The van der Waals surface area contributed by atoms with E-state index in [9.17, 15) is 9.90 Å². The number of rotatable bonds is 6. The topological polar surface area (TPSA) is 58.6 Å². The summed E-state index contributed by atoms with van der Waals surface area (Å²) in [7, 11) is 1.55. The molecule has 0 spiro atoms. The average Bonchev–Trinajstić information content (AvgIpc) is 3.00. The first kappa shape index (κ1) is 16.2. The van der Waals surface area contributed by atoms with Crippen LogP contribution >= 0.6 is 11.3 Å². The summed E-state index contributed by atoms with van der Waals surface area (Å²) < 4.78 is 4.87. The molecule has 1 aromatic heterocycles. The van der Waals surface area contributed by atoms with Crippen LogP contribution in [0.1, 0.15) is 27.2 Å². The lowest BCUT2D eigenvalue weighted by Gasteiger charge is -2.15. The number of thiophene rings is 1. The van der Waals surface area contributed by atoms with Gasteiger partial charge >= 0.3 is 0 Å². The summed E-state index contributed by atoms with van der Waals surface area (Å²) in [5, 5.41) is 12.5. The fourth-order valence-electron chi connectivity index (χ4n) is 2.90. The van der Waals surface area contributed by atoms with Gasteiger partial charge in [-0.25, -0.2) is 0 Å². The second kappa shape index (κ2) is 7.25. The summed E-state index contributed by atoms with van der Waals surface area (Å²) in [5.41, 5.74) is 3.88. The molecule has 1 aromatic carbocycles. The first-order valence-electron chi connectivity index (χ1n) is 7.85. The largest absolute Gasteiger partial charge is 0.391 e. The van der Waals surface area contributed by atoms with Gasteiger partial charge in [-0.3, -0.25) is 4.79 Å². The van der Waals surface area contributed by atoms with Crippen LogP contribution in [0.25, 0.3) is 10.4 Å². The fraction of sp³-hybridized carbons (Fsp3) is 0.389. The lowest BCUT2D eigenvalue weighted by molar-refractivity contribution is 0.0588. The van der Waals surface area contributed by atoms with Crippen molar-refractivity contribution in [2.75, 3.05) is 20.3 Å². The van der Waals surface area contributed by atoms with Gasteiger partial charge in [-0.2, -0.15) is 0 Å². The second-order valence-electron chi connectivity index (χ2n) is 5.78. The zero-order valence-corrected chi connectivity index (χ0v) is 14.0. The molecule has 4 nitrogen and oxygen atoms in total. The van der Waals surface area contributed by atoms with Gasteiger partial charge in [0.15, 0.2) is 0 Å². The summed E-state index contributed by atoms with van der Waals surface area (Å²) in [4.78, 5) is 14.3. The van der Waals surface area contributed by atoms with Gasteiger partial charge in [-0.1, -0.05) is 24.3 Å². The fourth-order valence-corrected chi connectivity index (χ4v) is 4.09. The molecule has 2 aromatic rings. The van der Waals surface area contributed by atoms with Crippen molar-refractivity contribution in [1.29, 1.82) is 0 Å². The smallest absolute Gasteiger partial charge is 0.261 e. The Bertz CT molecular complexity index is 695. The molecule has 1 amide bonds. The van der Waals surface area contributed by atoms with Gasteiger partial charge in [0.05, 0.1) is 17.6 Å². The van der Waals surface area contributed by atoms with Crippen molar-refractivity contribution in [2.24, 2.45) is 0 Å². The standard InChI is InChI=1S/C18H21NO3S/c1-22-11-14(20)8-9-19-18(21)16-10-13-7-6-12-4-2-3-5-15(12)17(13)23-16/h2-5,10,14,20H,6-9,11H2,1H3,(H,19,21). The Kier molecular flexibility index (Phi) is 5.10. The van der Waals surface area contributed by atoms with Gasteiger partial charge < -0.3 is 15.2 Å². The van der Waals surface area contributed by atoms with Crippen molar-refractivity contribution in [3.05, 3.63) is 46.3 Å². The summed E-state index contributed by atoms with van der Waals surface area (Å²) in [6.07, 6.45) is 1.98. The number of aryl methyl sites for hydroxylation is 2. The number of benzene rings is 1. The quantitative estimate of drug-likeness (QED) is 0.855. The number of ether oxygens (including phenoxy) is 1. The van der Waals surface area contributed by atoms with Crippen LogP contribution in [0, 0.1) is 0 Å². The Morgan fingerprint density at radius 2 is 2.13 bits per heavy atom. The minimum atomic E-state index is -0.538. The maximum Gasteiger partial charge on any atom is 0.261 e. The van der Waals surface area contributed by atoms with Crippen molar-refractivity contribution in [3.63, 3.8) is 0 Å². The summed E-state index contributed by atoms with van der Waals surface area (Å²) in [6, 6.07) is 10.4. The van der Waals surface area contributed by atoms with Gasteiger partial charge in [-0.05, 0) is 42.0 Å². The van der Waals surface area contributed by atoms with E-state index < -0.39 is 6.10 Å². The number of amides is 1. The number of hydrogen-bond acceptors (Lipinski definition) is 4. The predicted molar refractivity (Wildman–Crippen MR) is 92.0 cm³/mol. The number of fused-ring (bicyclic) bond motifs is 3. The molecular weight excluding hydrogens is 310 g/mol. The minimum Gasteiger partial charge on any atom is -0.391 e. The third-order valence-corrected chi connectivity index (χ3v) is 5.29. The first-order chi connectivity index (χ1) is 11.2. The number of aliphatic hydroxyl groups excluding tert-OH is 1. The Morgan fingerprint density at radius 1 is 1.35 bits per heavy atom. The SMILES string of the molecule is COCC(O)CCNC(=O)c1cc2c(s1)-c1ccccc1CC2. The van der Waals surface area contributed by atoms with E-state index in [1.807, 2.05) is 12.1 Å². The van der Waals surface area contributed by atoms with E-state index in [1.54, 1.807) is 18.4 Å². The third kappa shape index (κ3) is 3.63. The van der Waals surface area contributed by atoms with Crippen molar-refractivity contribution in [1.82, 2.24) is 5.32 Å². The molecule has 0 saturated carbocycles. The number of methoxy groups -OCH3 is 1. The molecule has 0 saturated heterocycles.